The van der Waals surface area contributed by atoms with Crippen molar-refractivity contribution in [2.45, 2.75) is 58.0 Å². The fourth-order valence-electron chi connectivity index (χ4n) is 3.06. The van der Waals surface area contributed by atoms with Gasteiger partial charge in [-0.25, -0.2) is 0 Å². The third-order valence-electron chi connectivity index (χ3n) is 3.72. The predicted molar refractivity (Wildman–Crippen MR) is 71.4 cm³/mol. The average Bonchev–Trinajstić information content (AvgIpc) is 2.86. The van der Waals surface area contributed by atoms with E-state index in [2.05, 4.69) is 0 Å². The van der Waals surface area contributed by atoms with Gasteiger partial charge < -0.3 is 19.1 Å². The van der Waals surface area contributed by atoms with Gasteiger partial charge in [0.25, 0.3) is 5.91 Å². The normalized spacial score (nSPS) is 30.5. The first-order chi connectivity index (χ1) is 10.3. The molecular formula is C14H19NO7. The van der Waals surface area contributed by atoms with Crippen molar-refractivity contribution in [2.75, 3.05) is 6.54 Å². The summed E-state index contributed by atoms with van der Waals surface area (Å²) >= 11 is 0. The summed E-state index contributed by atoms with van der Waals surface area (Å²) in [6, 6.07) is -0.368. The second kappa shape index (κ2) is 6.33. The SMILES string of the molecule is CC(=O)O[C@H]1[C@H](OC(C)=O)[C@H]2CCCN2C(=O)[C@H]1OC(C)=O. The molecule has 2 saturated heterocycles. The number of carbonyl (C=O) groups is 4. The van der Waals surface area contributed by atoms with Crippen LogP contribution in [0.5, 0.6) is 0 Å². The summed E-state index contributed by atoms with van der Waals surface area (Å²) in [4.78, 5) is 48.0. The maximum Gasteiger partial charge on any atom is 0.303 e. The van der Waals surface area contributed by atoms with Gasteiger partial charge in [-0.15, -0.1) is 0 Å². The summed E-state index contributed by atoms with van der Waals surface area (Å²) in [5, 5.41) is 0. The van der Waals surface area contributed by atoms with Gasteiger partial charge >= 0.3 is 17.9 Å². The minimum atomic E-state index is -1.29. The molecule has 0 aromatic heterocycles. The van der Waals surface area contributed by atoms with Gasteiger partial charge in [-0.2, -0.15) is 0 Å². The van der Waals surface area contributed by atoms with Crippen LogP contribution in [0.4, 0.5) is 0 Å². The molecule has 0 bridgehead atoms. The van der Waals surface area contributed by atoms with Crippen LogP contribution in [0.25, 0.3) is 0 Å². The molecule has 8 heteroatoms. The first-order valence-electron chi connectivity index (χ1n) is 7.13. The van der Waals surface area contributed by atoms with Crippen molar-refractivity contribution >= 4 is 23.8 Å². The molecule has 4 atom stereocenters. The van der Waals surface area contributed by atoms with Gasteiger partial charge in [0.15, 0.2) is 12.2 Å². The van der Waals surface area contributed by atoms with E-state index in [-0.39, 0.29) is 6.04 Å². The largest absolute Gasteiger partial charge is 0.456 e. The molecule has 122 valence electrons. The minimum absolute atomic E-state index is 0.368. The Labute approximate surface area is 127 Å². The van der Waals surface area contributed by atoms with E-state index in [1.165, 1.54) is 18.7 Å². The molecule has 0 aromatic rings. The van der Waals surface area contributed by atoms with E-state index in [1.807, 2.05) is 0 Å². The Kier molecular flexibility index (Phi) is 4.68. The van der Waals surface area contributed by atoms with E-state index in [0.717, 1.165) is 13.3 Å². The summed E-state index contributed by atoms with van der Waals surface area (Å²) in [6.07, 6.45) is -1.88. The van der Waals surface area contributed by atoms with Gasteiger partial charge in [-0.3, -0.25) is 19.2 Å². The van der Waals surface area contributed by atoms with Crippen LogP contribution in [0.2, 0.25) is 0 Å². The van der Waals surface area contributed by atoms with E-state index in [9.17, 15) is 19.2 Å². The second-order valence-electron chi connectivity index (χ2n) is 5.42. The number of hydrogen-bond donors (Lipinski definition) is 0. The van der Waals surface area contributed by atoms with E-state index in [1.54, 1.807) is 0 Å². The van der Waals surface area contributed by atoms with Crippen LogP contribution >= 0.6 is 0 Å². The number of fused-ring (bicyclic) bond motifs is 1. The summed E-state index contributed by atoms with van der Waals surface area (Å²) < 4.78 is 15.5. The standard InChI is InChI=1S/C14H19NO7/c1-7(16)20-11-10-5-4-6-15(10)14(19)13(22-9(3)18)12(11)21-8(2)17/h10-13H,4-6H2,1-3H3/t10-,11-,12+,13+/m1/s1. The molecule has 0 spiro atoms. The third-order valence-corrected chi connectivity index (χ3v) is 3.72. The van der Waals surface area contributed by atoms with Crippen molar-refractivity contribution in [1.82, 2.24) is 4.90 Å². The Bertz CT molecular complexity index is 503. The highest BCUT2D eigenvalue weighted by Gasteiger charge is 2.55. The molecule has 2 heterocycles. The Balaban J connectivity index is 2.36. The molecular weight excluding hydrogens is 294 g/mol. The molecule has 0 aliphatic carbocycles. The van der Waals surface area contributed by atoms with Crippen LogP contribution in [-0.4, -0.2) is 59.6 Å². The van der Waals surface area contributed by atoms with Crippen LogP contribution in [0.15, 0.2) is 0 Å². The van der Waals surface area contributed by atoms with Gasteiger partial charge in [-0.1, -0.05) is 0 Å². The lowest BCUT2D eigenvalue weighted by atomic mass is 9.93. The molecule has 0 saturated carbocycles. The van der Waals surface area contributed by atoms with Crippen LogP contribution in [-0.2, 0) is 33.4 Å². The zero-order valence-corrected chi connectivity index (χ0v) is 12.7. The van der Waals surface area contributed by atoms with E-state index in [0.29, 0.717) is 13.0 Å². The molecule has 2 fully saturated rings. The zero-order chi connectivity index (χ0) is 16.4. The van der Waals surface area contributed by atoms with Crippen LogP contribution < -0.4 is 0 Å². The summed E-state index contributed by atoms with van der Waals surface area (Å²) in [5.41, 5.74) is 0. The van der Waals surface area contributed by atoms with Crippen LogP contribution in [0.3, 0.4) is 0 Å². The molecule has 2 rings (SSSR count). The van der Waals surface area contributed by atoms with Crippen molar-refractivity contribution in [3.63, 3.8) is 0 Å². The number of nitrogens with zero attached hydrogens (tertiary/aromatic N) is 1. The number of esters is 3. The lowest BCUT2D eigenvalue weighted by molar-refractivity contribution is -0.204. The number of amides is 1. The van der Waals surface area contributed by atoms with Crippen molar-refractivity contribution < 1.29 is 33.4 Å². The number of hydrogen-bond acceptors (Lipinski definition) is 7. The number of rotatable bonds is 3. The van der Waals surface area contributed by atoms with Crippen molar-refractivity contribution in [1.29, 1.82) is 0 Å². The first-order valence-corrected chi connectivity index (χ1v) is 7.13. The maximum absolute atomic E-state index is 12.5. The predicted octanol–water partition coefficient (Wildman–Crippen LogP) is -0.214. The molecule has 0 unspecified atom stereocenters. The molecule has 1 amide bonds. The van der Waals surface area contributed by atoms with Gasteiger partial charge in [0.2, 0.25) is 6.10 Å². The second-order valence-corrected chi connectivity index (χ2v) is 5.42. The Morgan fingerprint density at radius 3 is 2.05 bits per heavy atom. The minimum Gasteiger partial charge on any atom is -0.456 e. The Morgan fingerprint density at radius 2 is 1.50 bits per heavy atom. The quantitative estimate of drug-likeness (QED) is 0.525. The third kappa shape index (κ3) is 3.20. The van der Waals surface area contributed by atoms with Crippen LogP contribution in [0, 0.1) is 0 Å². The molecule has 2 aliphatic heterocycles. The monoisotopic (exact) mass is 313 g/mol. The summed E-state index contributed by atoms with van der Waals surface area (Å²) in [5.74, 6) is -2.29. The highest BCUT2D eigenvalue weighted by molar-refractivity contribution is 5.86. The lowest BCUT2D eigenvalue weighted by Gasteiger charge is -2.43. The lowest BCUT2D eigenvalue weighted by Crippen LogP contribution is -2.65. The molecule has 22 heavy (non-hydrogen) atoms. The number of carbonyl (C=O) groups excluding carboxylic acids is 4. The first kappa shape index (κ1) is 16.3. The van der Waals surface area contributed by atoms with Gasteiger partial charge in [0.1, 0.15) is 0 Å². The zero-order valence-electron chi connectivity index (χ0n) is 12.7. The van der Waals surface area contributed by atoms with Gasteiger partial charge in [-0.05, 0) is 12.8 Å². The van der Waals surface area contributed by atoms with Crippen LogP contribution in [0.1, 0.15) is 33.6 Å². The van der Waals surface area contributed by atoms with E-state index >= 15 is 0 Å². The fourth-order valence-corrected chi connectivity index (χ4v) is 3.06. The van der Waals surface area contributed by atoms with Crippen molar-refractivity contribution in [3.05, 3.63) is 0 Å². The fraction of sp³-hybridized carbons (Fsp3) is 0.714. The van der Waals surface area contributed by atoms with Gasteiger partial charge in [0, 0.05) is 27.3 Å². The van der Waals surface area contributed by atoms with Gasteiger partial charge in [0.05, 0.1) is 6.04 Å². The van der Waals surface area contributed by atoms with Crippen molar-refractivity contribution in [2.24, 2.45) is 0 Å². The van der Waals surface area contributed by atoms with E-state index in [4.69, 9.17) is 14.2 Å². The summed E-state index contributed by atoms with van der Waals surface area (Å²) in [7, 11) is 0. The molecule has 0 aromatic carbocycles. The molecule has 0 radical (unpaired) electrons. The smallest absolute Gasteiger partial charge is 0.303 e. The highest BCUT2D eigenvalue weighted by atomic mass is 16.6. The number of piperidine rings is 1. The number of ether oxygens (including phenoxy) is 3. The highest BCUT2D eigenvalue weighted by Crippen LogP contribution is 2.33. The molecule has 8 nitrogen and oxygen atoms in total. The molecule has 2 aliphatic rings. The van der Waals surface area contributed by atoms with Crippen molar-refractivity contribution in [3.8, 4) is 0 Å². The maximum atomic E-state index is 12.5. The Morgan fingerprint density at radius 1 is 0.955 bits per heavy atom. The Hall–Kier alpha value is -2.12. The summed E-state index contributed by atoms with van der Waals surface area (Å²) in [6.45, 7) is 4.07. The molecule has 0 N–H and O–H groups in total. The topological polar surface area (TPSA) is 99.2 Å². The van der Waals surface area contributed by atoms with E-state index < -0.39 is 42.1 Å². The average molecular weight is 313 g/mol.